The van der Waals surface area contributed by atoms with Gasteiger partial charge in [0.05, 0.1) is 12.8 Å². The van der Waals surface area contributed by atoms with Crippen molar-refractivity contribution in [1.82, 2.24) is 14.7 Å². The van der Waals surface area contributed by atoms with E-state index >= 15 is 0 Å². The van der Waals surface area contributed by atoms with Crippen molar-refractivity contribution in [1.29, 1.82) is 0 Å². The van der Waals surface area contributed by atoms with E-state index in [1.54, 1.807) is 10.9 Å². The molecule has 0 saturated carbocycles. The van der Waals surface area contributed by atoms with Gasteiger partial charge < -0.3 is 14.8 Å². The number of anilines is 1. The minimum atomic E-state index is -0.121. The Morgan fingerprint density at radius 1 is 1.21 bits per heavy atom. The molecule has 0 spiro atoms. The van der Waals surface area contributed by atoms with E-state index in [2.05, 4.69) is 22.2 Å². The molecule has 2 heterocycles. The molecule has 0 bridgehead atoms. The number of carbonyl (C=O) groups excluding carboxylic acids is 2. The van der Waals surface area contributed by atoms with Crippen LogP contribution in [0.4, 0.5) is 5.69 Å². The summed E-state index contributed by atoms with van der Waals surface area (Å²) in [6, 6.07) is 7.70. The molecular weight excluding hydrogens is 420 g/mol. The Morgan fingerprint density at radius 3 is 2.67 bits per heavy atom. The number of hydrogen-bond acceptors (Lipinski definition) is 6. The SMILES string of the molecule is CCCCC(=O)Nc1ccc(OCCN2CCC(CC(=O)OC)CC2)c(-c2ccnn2C)c1. The van der Waals surface area contributed by atoms with Gasteiger partial charge in [-0.3, -0.25) is 19.2 Å². The van der Waals surface area contributed by atoms with Crippen molar-refractivity contribution in [3.8, 4) is 17.0 Å². The van der Waals surface area contributed by atoms with Crippen LogP contribution in [0.2, 0.25) is 0 Å². The number of nitrogens with zero attached hydrogens (tertiary/aromatic N) is 3. The molecule has 1 saturated heterocycles. The van der Waals surface area contributed by atoms with Crippen molar-refractivity contribution >= 4 is 17.6 Å². The molecule has 1 aromatic carbocycles. The summed E-state index contributed by atoms with van der Waals surface area (Å²) in [7, 11) is 3.34. The Kier molecular flexibility index (Phi) is 9.30. The zero-order valence-corrected chi connectivity index (χ0v) is 20.0. The molecule has 1 aliphatic rings. The molecule has 0 aliphatic carbocycles. The molecule has 1 fully saturated rings. The van der Waals surface area contributed by atoms with Gasteiger partial charge in [-0.05, 0) is 62.5 Å². The Labute approximate surface area is 196 Å². The summed E-state index contributed by atoms with van der Waals surface area (Å²) < 4.78 is 12.8. The van der Waals surface area contributed by atoms with Crippen molar-refractivity contribution in [2.75, 3.05) is 38.7 Å². The summed E-state index contributed by atoms with van der Waals surface area (Å²) in [6.45, 7) is 5.38. The van der Waals surface area contributed by atoms with Crippen LogP contribution >= 0.6 is 0 Å². The quantitative estimate of drug-likeness (QED) is 0.517. The molecule has 0 unspecified atom stereocenters. The minimum Gasteiger partial charge on any atom is -0.492 e. The molecule has 180 valence electrons. The van der Waals surface area contributed by atoms with E-state index in [9.17, 15) is 9.59 Å². The monoisotopic (exact) mass is 456 g/mol. The Balaban J connectivity index is 1.59. The van der Waals surface area contributed by atoms with Gasteiger partial charge in [0.15, 0.2) is 0 Å². The first-order valence-electron chi connectivity index (χ1n) is 11.8. The van der Waals surface area contributed by atoms with Crippen LogP contribution in [0, 0.1) is 5.92 Å². The number of nitrogens with one attached hydrogen (secondary N) is 1. The van der Waals surface area contributed by atoms with Gasteiger partial charge in [-0.15, -0.1) is 0 Å². The van der Waals surface area contributed by atoms with Gasteiger partial charge in [0.2, 0.25) is 5.91 Å². The lowest BCUT2D eigenvalue weighted by Crippen LogP contribution is -2.37. The van der Waals surface area contributed by atoms with Gasteiger partial charge >= 0.3 is 5.97 Å². The first-order chi connectivity index (χ1) is 16.0. The smallest absolute Gasteiger partial charge is 0.305 e. The zero-order chi connectivity index (χ0) is 23.6. The topological polar surface area (TPSA) is 85.7 Å². The van der Waals surface area contributed by atoms with E-state index in [1.165, 1.54) is 7.11 Å². The lowest BCUT2D eigenvalue weighted by molar-refractivity contribution is -0.142. The van der Waals surface area contributed by atoms with Crippen molar-refractivity contribution in [3.63, 3.8) is 0 Å². The average molecular weight is 457 g/mol. The lowest BCUT2D eigenvalue weighted by atomic mass is 9.94. The number of rotatable bonds is 11. The van der Waals surface area contributed by atoms with Crippen molar-refractivity contribution in [2.24, 2.45) is 13.0 Å². The summed E-state index contributed by atoms with van der Waals surface area (Å²) in [4.78, 5) is 26.0. The van der Waals surface area contributed by atoms with E-state index in [1.807, 2.05) is 31.3 Å². The lowest BCUT2D eigenvalue weighted by Gasteiger charge is -2.31. The second kappa shape index (κ2) is 12.4. The Bertz CT molecular complexity index is 919. The molecule has 1 aromatic heterocycles. The molecule has 1 N–H and O–H groups in total. The summed E-state index contributed by atoms with van der Waals surface area (Å²) in [5.74, 6) is 1.08. The fraction of sp³-hybridized carbons (Fsp3) is 0.560. The number of esters is 1. The van der Waals surface area contributed by atoms with Gasteiger partial charge in [0.1, 0.15) is 12.4 Å². The van der Waals surface area contributed by atoms with Crippen LogP contribution in [0.1, 0.15) is 45.4 Å². The Hall–Kier alpha value is -2.87. The number of likely N-dealkylation sites (tertiary alicyclic amines) is 1. The maximum absolute atomic E-state index is 12.2. The molecule has 8 heteroatoms. The number of aromatic nitrogens is 2. The van der Waals surface area contributed by atoms with Crippen molar-refractivity contribution in [3.05, 3.63) is 30.5 Å². The Morgan fingerprint density at radius 2 is 2.00 bits per heavy atom. The largest absolute Gasteiger partial charge is 0.492 e. The predicted octanol–water partition coefficient (Wildman–Crippen LogP) is 3.87. The molecule has 8 nitrogen and oxygen atoms in total. The summed E-state index contributed by atoms with van der Waals surface area (Å²) in [5, 5.41) is 7.28. The molecule has 33 heavy (non-hydrogen) atoms. The van der Waals surface area contributed by atoms with Gasteiger partial charge in [-0.25, -0.2) is 0 Å². The number of unbranched alkanes of at least 4 members (excludes halogenated alkanes) is 1. The highest BCUT2D eigenvalue weighted by Gasteiger charge is 2.22. The number of ether oxygens (including phenoxy) is 2. The summed E-state index contributed by atoms with van der Waals surface area (Å²) in [5.41, 5.74) is 2.59. The van der Waals surface area contributed by atoms with E-state index in [4.69, 9.17) is 9.47 Å². The highest BCUT2D eigenvalue weighted by Crippen LogP contribution is 2.32. The van der Waals surface area contributed by atoms with Crippen LogP contribution in [-0.4, -0.2) is 59.9 Å². The molecule has 0 atom stereocenters. The standard InChI is InChI=1S/C25H36N4O4/c1-4-5-6-24(30)27-20-7-8-23(21(18-20)22-9-12-26-28(22)2)33-16-15-29-13-10-19(11-14-29)17-25(31)32-3/h7-9,12,18-19H,4-6,10-11,13-17H2,1-3H3,(H,27,30). The maximum atomic E-state index is 12.2. The van der Waals surface area contributed by atoms with Crippen LogP contribution in [0.25, 0.3) is 11.3 Å². The number of benzene rings is 1. The fourth-order valence-corrected chi connectivity index (χ4v) is 4.15. The number of carbonyl (C=O) groups is 2. The van der Waals surface area contributed by atoms with E-state index in [-0.39, 0.29) is 11.9 Å². The highest BCUT2D eigenvalue weighted by molar-refractivity contribution is 5.91. The van der Waals surface area contributed by atoms with Gasteiger partial charge in [-0.1, -0.05) is 13.3 Å². The fourth-order valence-electron chi connectivity index (χ4n) is 4.15. The third-order valence-electron chi connectivity index (χ3n) is 6.17. The number of methoxy groups -OCH3 is 1. The van der Waals surface area contributed by atoms with Gasteiger partial charge in [0.25, 0.3) is 0 Å². The van der Waals surface area contributed by atoms with E-state index in [0.29, 0.717) is 25.4 Å². The molecule has 3 rings (SSSR count). The first-order valence-corrected chi connectivity index (χ1v) is 11.8. The first kappa shape index (κ1) is 24.8. The minimum absolute atomic E-state index is 0.0251. The predicted molar refractivity (Wildman–Crippen MR) is 128 cm³/mol. The number of piperidine rings is 1. The van der Waals surface area contributed by atoms with E-state index < -0.39 is 0 Å². The third kappa shape index (κ3) is 7.32. The maximum Gasteiger partial charge on any atom is 0.305 e. The van der Waals surface area contributed by atoms with Crippen LogP contribution in [0.5, 0.6) is 5.75 Å². The van der Waals surface area contributed by atoms with Crippen LogP contribution in [0.15, 0.2) is 30.5 Å². The third-order valence-corrected chi connectivity index (χ3v) is 6.17. The molecule has 1 aliphatic heterocycles. The summed E-state index contributed by atoms with van der Waals surface area (Å²) in [6.07, 6.45) is 6.65. The van der Waals surface area contributed by atoms with Gasteiger partial charge in [-0.2, -0.15) is 5.10 Å². The van der Waals surface area contributed by atoms with Crippen LogP contribution in [-0.2, 0) is 21.4 Å². The van der Waals surface area contributed by atoms with Crippen LogP contribution in [0.3, 0.4) is 0 Å². The van der Waals surface area contributed by atoms with Gasteiger partial charge in [0, 0.05) is 43.9 Å². The zero-order valence-electron chi connectivity index (χ0n) is 20.0. The summed E-state index contributed by atoms with van der Waals surface area (Å²) >= 11 is 0. The number of amides is 1. The highest BCUT2D eigenvalue weighted by atomic mass is 16.5. The average Bonchev–Trinajstić information content (AvgIpc) is 3.25. The van der Waals surface area contributed by atoms with Crippen molar-refractivity contribution in [2.45, 2.75) is 45.4 Å². The van der Waals surface area contributed by atoms with Crippen LogP contribution < -0.4 is 10.1 Å². The normalized spacial score (nSPS) is 14.8. The molecule has 0 radical (unpaired) electrons. The molecular formula is C25H36N4O4. The molecule has 2 aromatic rings. The molecule has 1 amide bonds. The number of hydrogen-bond donors (Lipinski definition) is 1. The van der Waals surface area contributed by atoms with Crippen molar-refractivity contribution < 1.29 is 19.1 Å². The number of aryl methyl sites for hydroxylation is 1. The van der Waals surface area contributed by atoms with E-state index in [0.717, 1.165) is 68.0 Å². The second-order valence-corrected chi connectivity index (χ2v) is 8.62. The second-order valence-electron chi connectivity index (χ2n) is 8.62.